The van der Waals surface area contributed by atoms with Crippen molar-refractivity contribution in [1.29, 1.82) is 0 Å². The molecule has 126 valence electrons. The largest absolute Gasteiger partial charge is 0.357 e. The van der Waals surface area contributed by atoms with E-state index < -0.39 is 0 Å². The van der Waals surface area contributed by atoms with Gasteiger partial charge in [-0.15, -0.1) is 0 Å². The van der Waals surface area contributed by atoms with Crippen molar-refractivity contribution in [2.75, 3.05) is 13.1 Å². The highest BCUT2D eigenvalue weighted by atomic mass is 15.3. The van der Waals surface area contributed by atoms with Crippen LogP contribution in [0.1, 0.15) is 30.6 Å². The fourth-order valence-corrected chi connectivity index (χ4v) is 2.29. The number of aromatic nitrogens is 5. The average molecular weight is 318 g/mol. The molecule has 0 amide bonds. The van der Waals surface area contributed by atoms with Gasteiger partial charge in [0.15, 0.2) is 5.96 Å². The minimum absolute atomic E-state index is 0.503. The number of aryl methyl sites for hydroxylation is 4. The van der Waals surface area contributed by atoms with Crippen molar-refractivity contribution in [3.63, 3.8) is 0 Å². The lowest BCUT2D eigenvalue weighted by Crippen LogP contribution is -2.38. The molecule has 8 heteroatoms. The molecule has 0 saturated carbocycles. The van der Waals surface area contributed by atoms with Crippen molar-refractivity contribution in [3.8, 4) is 0 Å². The number of hydrogen-bond acceptors (Lipinski definition) is 4. The monoisotopic (exact) mass is 318 g/mol. The van der Waals surface area contributed by atoms with Gasteiger partial charge in [0.2, 0.25) is 0 Å². The van der Waals surface area contributed by atoms with Crippen LogP contribution in [-0.4, -0.2) is 43.6 Å². The van der Waals surface area contributed by atoms with E-state index in [1.807, 2.05) is 18.7 Å². The van der Waals surface area contributed by atoms with E-state index in [2.05, 4.69) is 50.7 Å². The van der Waals surface area contributed by atoms with Crippen LogP contribution in [0.4, 0.5) is 0 Å². The molecule has 2 aromatic heterocycles. The average Bonchev–Trinajstić information content (AvgIpc) is 3.06. The summed E-state index contributed by atoms with van der Waals surface area (Å²) >= 11 is 0. The van der Waals surface area contributed by atoms with E-state index in [0.29, 0.717) is 6.54 Å². The topological polar surface area (TPSA) is 85.0 Å². The number of aliphatic imine (C=N–C) groups is 1. The first-order valence-corrected chi connectivity index (χ1v) is 7.96. The summed E-state index contributed by atoms with van der Waals surface area (Å²) in [6, 6.07) is 2.10. The maximum Gasteiger partial charge on any atom is 0.191 e. The lowest BCUT2D eigenvalue weighted by atomic mass is 10.4. The summed E-state index contributed by atoms with van der Waals surface area (Å²) in [7, 11) is 1.87. The van der Waals surface area contributed by atoms with Crippen LogP contribution >= 0.6 is 0 Å². The molecule has 0 saturated heterocycles. The minimum atomic E-state index is 0.503. The first-order chi connectivity index (χ1) is 11.1. The molecule has 0 unspecified atom stereocenters. The number of nitrogens with zero attached hydrogens (tertiary/aromatic N) is 6. The maximum atomic E-state index is 4.53. The molecule has 0 aliphatic carbocycles. The molecule has 0 aliphatic rings. The summed E-state index contributed by atoms with van der Waals surface area (Å²) in [5.74, 6) is 1.63. The lowest BCUT2D eigenvalue weighted by molar-refractivity contribution is 0.555. The summed E-state index contributed by atoms with van der Waals surface area (Å²) in [6.07, 6.45) is 2.52. The molecule has 2 N–H and O–H groups in total. The third-order valence-corrected chi connectivity index (χ3v) is 3.47. The van der Waals surface area contributed by atoms with E-state index in [1.165, 1.54) is 5.69 Å². The van der Waals surface area contributed by atoms with Crippen LogP contribution in [0, 0.1) is 13.8 Å². The SMILES string of the molecule is CCNC(=NCc1ncnn1C)NCCCn1nc(C)cc1C. The van der Waals surface area contributed by atoms with Crippen molar-refractivity contribution in [1.82, 2.24) is 35.2 Å². The molecule has 0 atom stereocenters. The van der Waals surface area contributed by atoms with Crippen molar-refractivity contribution < 1.29 is 0 Å². The van der Waals surface area contributed by atoms with Gasteiger partial charge < -0.3 is 10.6 Å². The van der Waals surface area contributed by atoms with Gasteiger partial charge in [-0.2, -0.15) is 10.2 Å². The Bertz CT molecular complexity index is 640. The molecule has 8 nitrogen and oxygen atoms in total. The summed E-state index contributed by atoms with van der Waals surface area (Å²) in [6.45, 7) is 9.21. The van der Waals surface area contributed by atoms with Crippen molar-refractivity contribution in [2.24, 2.45) is 12.0 Å². The molecule has 2 aromatic rings. The summed E-state index contributed by atoms with van der Waals surface area (Å²) in [5.41, 5.74) is 2.26. The Morgan fingerprint density at radius 3 is 2.74 bits per heavy atom. The first-order valence-electron chi connectivity index (χ1n) is 7.96. The van der Waals surface area contributed by atoms with Crippen LogP contribution in [0.25, 0.3) is 0 Å². The van der Waals surface area contributed by atoms with Gasteiger partial charge in [0.05, 0.1) is 5.69 Å². The summed E-state index contributed by atoms with van der Waals surface area (Å²) in [4.78, 5) is 8.71. The molecule has 0 aliphatic heterocycles. The molecule has 0 fully saturated rings. The quantitative estimate of drug-likeness (QED) is 0.447. The molecular formula is C15H26N8. The highest BCUT2D eigenvalue weighted by Gasteiger charge is 2.03. The third-order valence-electron chi connectivity index (χ3n) is 3.47. The smallest absolute Gasteiger partial charge is 0.191 e. The second kappa shape index (κ2) is 8.30. The zero-order valence-electron chi connectivity index (χ0n) is 14.4. The van der Waals surface area contributed by atoms with Crippen LogP contribution in [0.5, 0.6) is 0 Å². The molecule has 2 rings (SSSR count). The van der Waals surface area contributed by atoms with Gasteiger partial charge >= 0.3 is 0 Å². The Morgan fingerprint density at radius 2 is 2.13 bits per heavy atom. The van der Waals surface area contributed by atoms with E-state index in [4.69, 9.17) is 0 Å². The van der Waals surface area contributed by atoms with Gasteiger partial charge in [-0.3, -0.25) is 9.36 Å². The van der Waals surface area contributed by atoms with Crippen molar-refractivity contribution in [2.45, 2.75) is 40.3 Å². The van der Waals surface area contributed by atoms with Crippen molar-refractivity contribution >= 4 is 5.96 Å². The van der Waals surface area contributed by atoms with E-state index in [9.17, 15) is 0 Å². The van der Waals surface area contributed by atoms with Gasteiger partial charge in [-0.1, -0.05) is 0 Å². The first kappa shape index (κ1) is 17.0. The molecular weight excluding hydrogens is 292 g/mol. The van der Waals surface area contributed by atoms with Gasteiger partial charge in [0.1, 0.15) is 18.7 Å². The van der Waals surface area contributed by atoms with Gasteiger partial charge in [-0.05, 0) is 33.3 Å². The third kappa shape index (κ3) is 5.08. The standard InChI is InChI=1S/C15H26N8/c1-5-16-15(18-10-14-19-11-20-22(14)4)17-7-6-8-23-13(3)9-12(2)21-23/h9,11H,5-8,10H2,1-4H3,(H2,16,17,18). The molecule has 23 heavy (non-hydrogen) atoms. The van der Waals surface area contributed by atoms with Gasteiger partial charge in [0, 0.05) is 32.4 Å². The van der Waals surface area contributed by atoms with Crippen LogP contribution in [0.15, 0.2) is 17.4 Å². The molecule has 0 aromatic carbocycles. The Balaban J connectivity index is 1.80. The number of guanidine groups is 1. The van der Waals surface area contributed by atoms with Crippen LogP contribution in [0.3, 0.4) is 0 Å². The van der Waals surface area contributed by atoms with Crippen LogP contribution < -0.4 is 10.6 Å². The Labute approximate surface area is 137 Å². The maximum absolute atomic E-state index is 4.53. The van der Waals surface area contributed by atoms with Crippen LogP contribution in [0.2, 0.25) is 0 Å². The molecule has 0 radical (unpaired) electrons. The summed E-state index contributed by atoms with van der Waals surface area (Å²) < 4.78 is 3.77. The summed E-state index contributed by atoms with van der Waals surface area (Å²) in [5, 5.41) is 15.1. The number of hydrogen-bond donors (Lipinski definition) is 2. The Hall–Kier alpha value is -2.38. The highest BCUT2D eigenvalue weighted by molar-refractivity contribution is 5.79. The van der Waals surface area contributed by atoms with E-state index in [-0.39, 0.29) is 0 Å². The molecule has 2 heterocycles. The zero-order valence-corrected chi connectivity index (χ0v) is 14.4. The Kier molecular flexibility index (Phi) is 6.13. The van der Waals surface area contributed by atoms with Gasteiger partial charge in [-0.25, -0.2) is 9.98 Å². The van der Waals surface area contributed by atoms with E-state index in [0.717, 1.165) is 43.5 Å². The van der Waals surface area contributed by atoms with E-state index in [1.54, 1.807) is 11.0 Å². The fourth-order valence-electron chi connectivity index (χ4n) is 2.29. The van der Waals surface area contributed by atoms with Crippen LogP contribution in [-0.2, 0) is 20.1 Å². The predicted molar refractivity (Wildman–Crippen MR) is 90.1 cm³/mol. The van der Waals surface area contributed by atoms with Crippen molar-refractivity contribution in [3.05, 3.63) is 29.6 Å². The predicted octanol–water partition coefficient (Wildman–Crippen LogP) is 0.774. The van der Waals surface area contributed by atoms with Gasteiger partial charge in [0.25, 0.3) is 0 Å². The molecule has 0 spiro atoms. The highest BCUT2D eigenvalue weighted by Crippen LogP contribution is 2.02. The molecule has 0 bridgehead atoms. The van der Waals surface area contributed by atoms with E-state index >= 15 is 0 Å². The second-order valence-electron chi connectivity index (χ2n) is 5.43. The Morgan fingerprint density at radius 1 is 1.30 bits per heavy atom. The number of rotatable bonds is 7. The minimum Gasteiger partial charge on any atom is -0.357 e. The zero-order chi connectivity index (χ0) is 16.7. The second-order valence-corrected chi connectivity index (χ2v) is 5.43. The normalized spacial score (nSPS) is 11.7. The lowest BCUT2D eigenvalue weighted by Gasteiger charge is -2.11. The number of nitrogens with one attached hydrogen (secondary N) is 2. The fraction of sp³-hybridized carbons (Fsp3) is 0.600.